The Bertz CT molecular complexity index is 99.7. The van der Waals surface area contributed by atoms with Crippen LogP contribution in [0.15, 0.2) is 0 Å². The fraction of sp³-hybridized carbons (Fsp3) is 0.889. The molecule has 2 heteroatoms. The minimum absolute atomic E-state index is 0.231. The van der Waals surface area contributed by atoms with E-state index in [0.29, 0.717) is 0 Å². The van der Waals surface area contributed by atoms with Crippen LogP contribution in [0.5, 0.6) is 0 Å². The number of nitrogens with zero attached hydrogens (tertiary/aromatic N) is 1. The maximum absolute atomic E-state index is 10.5. The lowest BCUT2D eigenvalue weighted by Gasteiger charge is -2.20. The lowest BCUT2D eigenvalue weighted by molar-refractivity contribution is -0.111. The molecule has 0 saturated heterocycles. The van der Waals surface area contributed by atoms with Gasteiger partial charge in [-0.2, -0.15) is 0 Å². The zero-order chi connectivity index (χ0) is 8.69. The van der Waals surface area contributed by atoms with Crippen LogP contribution in [-0.4, -0.2) is 30.8 Å². The van der Waals surface area contributed by atoms with Gasteiger partial charge in [0.25, 0.3) is 0 Å². The fourth-order valence-electron chi connectivity index (χ4n) is 1.08. The van der Waals surface area contributed by atoms with Crippen LogP contribution >= 0.6 is 0 Å². The molecule has 0 N–H and O–H groups in total. The monoisotopic (exact) mass is 157 g/mol. The van der Waals surface area contributed by atoms with Gasteiger partial charge in [0.05, 0.1) is 0 Å². The first kappa shape index (κ1) is 10.6. The van der Waals surface area contributed by atoms with E-state index in [1.807, 2.05) is 0 Å². The SMILES string of the molecule is CCC(C=O)CN(CC)CC. The van der Waals surface area contributed by atoms with E-state index in [4.69, 9.17) is 0 Å². The number of rotatable bonds is 6. The van der Waals surface area contributed by atoms with Crippen molar-refractivity contribution in [2.75, 3.05) is 19.6 Å². The van der Waals surface area contributed by atoms with E-state index in [1.54, 1.807) is 0 Å². The molecule has 0 amide bonds. The number of carbonyl (C=O) groups excluding carboxylic acids is 1. The second-order valence-electron chi connectivity index (χ2n) is 2.79. The van der Waals surface area contributed by atoms with Crippen molar-refractivity contribution in [3.8, 4) is 0 Å². The highest BCUT2D eigenvalue weighted by atomic mass is 16.1. The Hall–Kier alpha value is -0.370. The van der Waals surface area contributed by atoms with Crippen LogP contribution in [0.4, 0.5) is 0 Å². The van der Waals surface area contributed by atoms with Gasteiger partial charge in [-0.05, 0) is 19.5 Å². The Morgan fingerprint density at radius 3 is 2.09 bits per heavy atom. The summed E-state index contributed by atoms with van der Waals surface area (Å²) in [7, 11) is 0. The molecule has 0 spiro atoms. The Morgan fingerprint density at radius 1 is 1.27 bits per heavy atom. The molecular weight excluding hydrogens is 138 g/mol. The second kappa shape index (κ2) is 6.35. The molecule has 0 bridgehead atoms. The van der Waals surface area contributed by atoms with Gasteiger partial charge in [-0.15, -0.1) is 0 Å². The van der Waals surface area contributed by atoms with Crippen LogP contribution in [0, 0.1) is 5.92 Å². The minimum atomic E-state index is 0.231. The van der Waals surface area contributed by atoms with E-state index in [1.165, 1.54) is 0 Å². The molecule has 2 nitrogen and oxygen atoms in total. The normalized spacial score (nSPS) is 13.5. The summed E-state index contributed by atoms with van der Waals surface area (Å²) in [5, 5.41) is 0. The van der Waals surface area contributed by atoms with Crippen molar-refractivity contribution in [3.63, 3.8) is 0 Å². The van der Waals surface area contributed by atoms with E-state index in [2.05, 4.69) is 25.7 Å². The summed E-state index contributed by atoms with van der Waals surface area (Å²) in [5.74, 6) is 0.231. The van der Waals surface area contributed by atoms with Crippen molar-refractivity contribution in [2.45, 2.75) is 27.2 Å². The average Bonchev–Trinajstić information content (AvgIpc) is 2.07. The van der Waals surface area contributed by atoms with Crippen molar-refractivity contribution < 1.29 is 4.79 Å². The van der Waals surface area contributed by atoms with Crippen molar-refractivity contribution in [3.05, 3.63) is 0 Å². The maximum atomic E-state index is 10.5. The third-order valence-electron chi connectivity index (χ3n) is 2.10. The first-order valence-electron chi connectivity index (χ1n) is 4.46. The first-order valence-corrected chi connectivity index (χ1v) is 4.46. The highest BCUT2D eigenvalue weighted by molar-refractivity contribution is 5.53. The Labute approximate surface area is 69.6 Å². The molecule has 0 aliphatic heterocycles. The van der Waals surface area contributed by atoms with Crippen LogP contribution in [0.3, 0.4) is 0 Å². The summed E-state index contributed by atoms with van der Waals surface area (Å²) in [5.41, 5.74) is 0. The minimum Gasteiger partial charge on any atom is -0.303 e. The van der Waals surface area contributed by atoms with Gasteiger partial charge in [-0.25, -0.2) is 0 Å². The van der Waals surface area contributed by atoms with E-state index < -0.39 is 0 Å². The van der Waals surface area contributed by atoms with Gasteiger partial charge in [0, 0.05) is 12.5 Å². The molecule has 0 radical (unpaired) electrons. The molecule has 0 aliphatic rings. The average molecular weight is 157 g/mol. The quantitative estimate of drug-likeness (QED) is 0.545. The van der Waals surface area contributed by atoms with E-state index in [9.17, 15) is 4.79 Å². The van der Waals surface area contributed by atoms with Gasteiger partial charge in [0.2, 0.25) is 0 Å². The number of aldehydes is 1. The summed E-state index contributed by atoms with van der Waals surface area (Å²) in [4.78, 5) is 12.8. The molecule has 0 saturated carbocycles. The van der Waals surface area contributed by atoms with Crippen molar-refractivity contribution in [1.29, 1.82) is 0 Å². The van der Waals surface area contributed by atoms with Crippen LogP contribution in [0.2, 0.25) is 0 Å². The summed E-state index contributed by atoms with van der Waals surface area (Å²) >= 11 is 0. The van der Waals surface area contributed by atoms with Crippen molar-refractivity contribution >= 4 is 6.29 Å². The van der Waals surface area contributed by atoms with Gasteiger partial charge < -0.3 is 9.69 Å². The van der Waals surface area contributed by atoms with Crippen LogP contribution in [0.1, 0.15) is 27.2 Å². The molecule has 11 heavy (non-hydrogen) atoms. The smallest absolute Gasteiger partial charge is 0.124 e. The number of carbonyl (C=O) groups is 1. The Balaban J connectivity index is 3.67. The van der Waals surface area contributed by atoms with Gasteiger partial charge >= 0.3 is 0 Å². The molecule has 66 valence electrons. The van der Waals surface area contributed by atoms with Gasteiger partial charge in [0.1, 0.15) is 6.29 Å². The highest BCUT2D eigenvalue weighted by Gasteiger charge is 2.07. The zero-order valence-electron chi connectivity index (χ0n) is 7.84. The topological polar surface area (TPSA) is 20.3 Å². The van der Waals surface area contributed by atoms with Crippen LogP contribution in [0.25, 0.3) is 0 Å². The molecule has 0 aliphatic carbocycles. The molecule has 1 unspecified atom stereocenters. The molecule has 0 aromatic heterocycles. The largest absolute Gasteiger partial charge is 0.303 e. The Kier molecular flexibility index (Phi) is 6.13. The van der Waals surface area contributed by atoms with Gasteiger partial charge in [-0.3, -0.25) is 0 Å². The third kappa shape index (κ3) is 4.14. The first-order chi connectivity index (χ1) is 5.28. The Morgan fingerprint density at radius 2 is 1.82 bits per heavy atom. The fourth-order valence-corrected chi connectivity index (χ4v) is 1.08. The zero-order valence-corrected chi connectivity index (χ0v) is 7.84. The summed E-state index contributed by atoms with van der Waals surface area (Å²) in [6.45, 7) is 9.32. The summed E-state index contributed by atoms with van der Waals surface area (Å²) in [6, 6.07) is 0. The lowest BCUT2D eigenvalue weighted by Crippen LogP contribution is -2.29. The van der Waals surface area contributed by atoms with Crippen LogP contribution in [-0.2, 0) is 4.79 Å². The van der Waals surface area contributed by atoms with Crippen LogP contribution < -0.4 is 0 Å². The van der Waals surface area contributed by atoms with E-state index in [0.717, 1.165) is 32.3 Å². The standard InChI is InChI=1S/C9H19NO/c1-4-9(8-11)7-10(5-2)6-3/h8-9H,4-7H2,1-3H3. The molecule has 0 aromatic carbocycles. The van der Waals surface area contributed by atoms with Crippen molar-refractivity contribution in [1.82, 2.24) is 4.90 Å². The van der Waals surface area contributed by atoms with Crippen molar-refractivity contribution in [2.24, 2.45) is 5.92 Å². The highest BCUT2D eigenvalue weighted by Crippen LogP contribution is 2.01. The molecule has 1 atom stereocenters. The predicted molar refractivity (Wildman–Crippen MR) is 47.6 cm³/mol. The molecular formula is C9H19NO. The van der Waals surface area contributed by atoms with Gasteiger partial charge in [0.15, 0.2) is 0 Å². The molecule has 0 rings (SSSR count). The number of hydrogen-bond acceptors (Lipinski definition) is 2. The summed E-state index contributed by atoms with van der Waals surface area (Å²) in [6.07, 6.45) is 2.03. The van der Waals surface area contributed by atoms with E-state index in [-0.39, 0.29) is 5.92 Å². The second-order valence-corrected chi connectivity index (χ2v) is 2.79. The molecule has 0 heterocycles. The number of hydrogen-bond donors (Lipinski definition) is 0. The van der Waals surface area contributed by atoms with E-state index >= 15 is 0 Å². The molecule has 0 fully saturated rings. The third-order valence-corrected chi connectivity index (χ3v) is 2.10. The summed E-state index contributed by atoms with van der Waals surface area (Å²) < 4.78 is 0. The predicted octanol–water partition coefficient (Wildman–Crippen LogP) is 1.55. The molecule has 0 aromatic rings. The maximum Gasteiger partial charge on any atom is 0.124 e. The lowest BCUT2D eigenvalue weighted by atomic mass is 10.1. The van der Waals surface area contributed by atoms with Gasteiger partial charge in [-0.1, -0.05) is 20.8 Å².